The Labute approximate surface area is 228 Å². The molecule has 2 aliphatic rings. The fourth-order valence-electron chi connectivity index (χ4n) is 4.85. The lowest BCUT2D eigenvalue weighted by Crippen LogP contribution is -2.31. The van der Waals surface area contributed by atoms with Crippen LogP contribution in [0, 0.1) is 6.92 Å². The van der Waals surface area contributed by atoms with Crippen LogP contribution in [-0.4, -0.2) is 42.1 Å². The van der Waals surface area contributed by atoms with Gasteiger partial charge in [-0.3, -0.25) is 14.5 Å². The number of methoxy groups -OCH3 is 1. The van der Waals surface area contributed by atoms with Crippen LogP contribution in [0.5, 0.6) is 17.2 Å². The van der Waals surface area contributed by atoms with Gasteiger partial charge in [-0.25, -0.2) is 4.98 Å². The van der Waals surface area contributed by atoms with Crippen LogP contribution in [0.1, 0.15) is 27.0 Å². The number of benzene rings is 3. The van der Waals surface area contributed by atoms with Crippen molar-refractivity contribution in [1.82, 2.24) is 4.98 Å². The van der Waals surface area contributed by atoms with E-state index in [0.29, 0.717) is 57.3 Å². The monoisotopic (exact) mass is 540 g/mol. The number of ether oxygens (including phenoxy) is 3. The lowest BCUT2D eigenvalue weighted by Gasteiger charge is -2.28. The maximum Gasteiger partial charge on any atom is 0.294 e. The molecule has 1 unspecified atom stereocenters. The molecule has 4 aromatic rings. The van der Waals surface area contributed by atoms with Crippen molar-refractivity contribution in [3.05, 3.63) is 100 Å². The molecule has 1 amide bonds. The van der Waals surface area contributed by atoms with Gasteiger partial charge < -0.3 is 19.3 Å². The first-order valence-corrected chi connectivity index (χ1v) is 13.2. The molecule has 0 aliphatic carbocycles. The van der Waals surface area contributed by atoms with E-state index < -0.39 is 23.5 Å². The van der Waals surface area contributed by atoms with Gasteiger partial charge in [0.1, 0.15) is 24.0 Å². The lowest BCUT2D eigenvalue weighted by atomic mass is 9.94. The predicted molar refractivity (Wildman–Crippen MR) is 147 cm³/mol. The van der Waals surface area contributed by atoms with Crippen molar-refractivity contribution in [1.29, 1.82) is 0 Å². The van der Waals surface area contributed by atoms with Crippen molar-refractivity contribution in [2.75, 3.05) is 25.2 Å². The molecule has 0 saturated carbocycles. The van der Waals surface area contributed by atoms with Gasteiger partial charge in [-0.15, -0.1) is 11.3 Å². The van der Waals surface area contributed by atoms with E-state index in [2.05, 4.69) is 4.98 Å². The highest BCUT2D eigenvalue weighted by Crippen LogP contribution is 2.45. The third-order valence-electron chi connectivity index (χ3n) is 6.69. The number of aliphatic hydroxyl groups is 1. The fraction of sp³-hybridized carbons (Fsp3) is 0.167. The van der Waals surface area contributed by atoms with E-state index >= 15 is 0 Å². The van der Waals surface area contributed by atoms with E-state index in [9.17, 15) is 14.7 Å². The zero-order valence-electron chi connectivity index (χ0n) is 21.2. The van der Waals surface area contributed by atoms with Crippen LogP contribution in [0.25, 0.3) is 10.6 Å². The van der Waals surface area contributed by atoms with Crippen LogP contribution >= 0.6 is 11.3 Å². The third kappa shape index (κ3) is 4.30. The Kier molecular flexibility index (Phi) is 6.28. The molecule has 1 aromatic heterocycles. The van der Waals surface area contributed by atoms with Crippen molar-refractivity contribution in [3.8, 4) is 27.8 Å². The first-order valence-electron chi connectivity index (χ1n) is 12.3. The van der Waals surface area contributed by atoms with Crippen molar-refractivity contribution in [2.45, 2.75) is 13.0 Å². The van der Waals surface area contributed by atoms with Crippen molar-refractivity contribution in [3.63, 3.8) is 0 Å². The van der Waals surface area contributed by atoms with E-state index in [1.165, 1.54) is 16.2 Å². The molecule has 9 heteroatoms. The Bertz CT molecular complexity index is 1630. The lowest BCUT2D eigenvalue weighted by molar-refractivity contribution is -0.117. The minimum absolute atomic E-state index is 0.0190. The third-order valence-corrected chi connectivity index (χ3v) is 7.90. The number of aryl methyl sites for hydroxylation is 1. The number of Topliss-reactive ketones (excluding diaryl/α,β-unsaturated/α-hetero) is 1. The number of hydrogen-bond acceptors (Lipinski definition) is 8. The number of hydrogen-bond donors (Lipinski definition) is 1. The van der Waals surface area contributed by atoms with E-state index in [1.807, 2.05) is 30.3 Å². The number of rotatable bonds is 6. The largest absolute Gasteiger partial charge is 0.503 e. The second kappa shape index (κ2) is 9.92. The summed E-state index contributed by atoms with van der Waals surface area (Å²) in [7, 11) is 1.54. The normalized spacial score (nSPS) is 16.5. The van der Waals surface area contributed by atoms with Gasteiger partial charge in [-0.2, -0.15) is 0 Å². The standard InChI is InChI=1S/C30H24N2O6S/c1-17-28(39-29(31-17)18-7-4-3-5-8-18)26(33)24-25(19-9-6-10-21(15-19)36-2)32(30(35)27(24)34)20-11-12-22-23(16-20)38-14-13-37-22/h3-12,15-16,25,34H,13-14H2,1-2H3. The number of amides is 1. The zero-order valence-corrected chi connectivity index (χ0v) is 22.0. The molecule has 3 aromatic carbocycles. The summed E-state index contributed by atoms with van der Waals surface area (Å²) in [5, 5.41) is 11.9. The molecule has 3 heterocycles. The summed E-state index contributed by atoms with van der Waals surface area (Å²) in [5.74, 6) is -0.130. The van der Waals surface area contributed by atoms with E-state index in [1.54, 1.807) is 56.5 Å². The summed E-state index contributed by atoms with van der Waals surface area (Å²) in [4.78, 5) is 34.1. The first-order chi connectivity index (χ1) is 19.0. The van der Waals surface area contributed by atoms with Gasteiger partial charge in [0.15, 0.2) is 17.3 Å². The van der Waals surface area contributed by atoms with Crippen LogP contribution in [0.2, 0.25) is 0 Å². The molecule has 1 atom stereocenters. The number of fused-ring (bicyclic) bond motifs is 1. The molecular weight excluding hydrogens is 516 g/mol. The molecule has 39 heavy (non-hydrogen) atoms. The molecule has 1 N–H and O–H groups in total. The quantitative estimate of drug-likeness (QED) is 0.314. The fourth-order valence-corrected chi connectivity index (χ4v) is 5.87. The Balaban J connectivity index is 1.47. The van der Waals surface area contributed by atoms with E-state index in [-0.39, 0.29) is 5.57 Å². The second-order valence-corrected chi connectivity index (χ2v) is 10.1. The summed E-state index contributed by atoms with van der Waals surface area (Å²) >= 11 is 1.23. The Hall–Kier alpha value is -4.63. The van der Waals surface area contributed by atoms with Crippen LogP contribution in [0.3, 0.4) is 0 Å². The summed E-state index contributed by atoms with van der Waals surface area (Å²) in [6.07, 6.45) is 0. The maximum atomic E-state index is 14.1. The molecule has 0 fully saturated rings. The number of aliphatic hydroxyl groups excluding tert-OH is 1. The average molecular weight is 541 g/mol. The minimum Gasteiger partial charge on any atom is -0.503 e. The van der Waals surface area contributed by atoms with Gasteiger partial charge in [0.25, 0.3) is 5.91 Å². The first kappa shape index (κ1) is 24.7. The SMILES string of the molecule is COc1cccc(C2C(C(=O)c3sc(-c4ccccc4)nc3C)=C(O)C(=O)N2c2ccc3c(c2)OCCO3)c1. The Morgan fingerprint density at radius 2 is 1.79 bits per heavy atom. The van der Waals surface area contributed by atoms with E-state index in [4.69, 9.17) is 14.2 Å². The molecule has 0 saturated heterocycles. The second-order valence-electron chi connectivity index (χ2n) is 9.07. The Morgan fingerprint density at radius 1 is 1.03 bits per heavy atom. The topological polar surface area (TPSA) is 98.2 Å². The molecule has 0 spiro atoms. The van der Waals surface area contributed by atoms with Crippen molar-refractivity contribution in [2.24, 2.45) is 0 Å². The number of carbonyl (C=O) groups is 2. The van der Waals surface area contributed by atoms with Gasteiger partial charge in [-0.1, -0.05) is 42.5 Å². The van der Waals surface area contributed by atoms with Gasteiger partial charge in [-0.05, 0) is 36.8 Å². The van der Waals surface area contributed by atoms with Crippen LogP contribution < -0.4 is 19.1 Å². The van der Waals surface area contributed by atoms with Gasteiger partial charge in [0.2, 0.25) is 5.78 Å². The molecule has 6 rings (SSSR count). The summed E-state index contributed by atoms with van der Waals surface area (Å²) in [5.41, 5.74) is 2.45. The summed E-state index contributed by atoms with van der Waals surface area (Å²) in [6.45, 7) is 2.57. The average Bonchev–Trinajstić information content (AvgIpc) is 3.49. The predicted octanol–water partition coefficient (Wildman–Crippen LogP) is 5.68. The van der Waals surface area contributed by atoms with E-state index in [0.717, 1.165) is 5.56 Å². The smallest absolute Gasteiger partial charge is 0.294 e. The van der Waals surface area contributed by atoms with Crippen LogP contribution in [0.4, 0.5) is 5.69 Å². The summed E-state index contributed by atoms with van der Waals surface area (Å²) in [6, 6.07) is 20.9. The molecular formula is C30H24N2O6S. The van der Waals surface area contributed by atoms with Gasteiger partial charge >= 0.3 is 0 Å². The number of thiazole rings is 1. The number of carbonyl (C=O) groups excluding carboxylic acids is 2. The highest BCUT2D eigenvalue weighted by Gasteiger charge is 2.45. The number of nitrogens with zero attached hydrogens (tertiary/aromatic N) is 2. The van der Waals surface area contributed by atoms with Gasteiger partial charge in [0, 0.05) is 17.3 Å². The number of anilines is 1. The Morgan fingerprint density at radius 3 is 2.56 bits per heavy atom. The van der Waals surface area contributed by atoms with Crippen LogP contribution in [0.15, 0.2) is 84.1 Å². The highest BCUT2D eigenvalue weighted by atomic mass is 32.1. The molecule has 0 bridgehead atoms. The summed E-state index contributed by atoms with van der Waals surface area (Å²) < 4.78 is 16.8. The highest BCUT2D eigenvalue weighted by molar-refractivity contribution is 7.17. The van der Waals surface area contributed by atoms with Crippen molar-refractivity contribution >= 4 is 28.7 Å². The zero-order chi connectivity index (χ0) is 27.1. The van der Waals surface area contributed by atoms with Crippen LogP contribution in [-0.2, 0) is 4.79 Å². The molecule has 0 radical (unpaired) electrons. The minimum atomic E-state index is -0.913. The maximum absolute atomic E-state index is 14.1. The molecule has 8 nitrogen and oxygen atoms in total. The molecule has 196 valence electrons. The van der Waals surface area contributed by atoms with Crippen molar-refractivity contribution < 1.29 is 28.9 Å². The van der Waals surface area contributed by atoms with Gasteiger partial charge in [0.05, 0.1) is 29.3 Å². The molecule has 2 aliphatic heterocycles. The number of aromatic nitrogens is 1. The number of ketones is 1.